The van der Waals surface area contributed by atoms with Crippen LogP contribution in [0.25, 0.3) is 0 Å². The summed E-state index contributed by atoms with van der Waals surface area (Å²) in [5.41, 5.74) is 0. The molecule has 0 saturated heterocycles. The quantitative estimate of drug-likeness (QED) is 0.396. The third-order valence-corrected chi connectivity index (χ3v) is 15.3. The third-order valence-electron chi connectivity index (χ3n) is 6.32. The molecular weight excluding hydrogens is 328 g/mol. The molecule has 0 saturated carbocycles. The average molecular weight is 371 g/mol. The molecule has 0 aromatic carbocycles. The highest BCUT2D eigenvalue weighted by atomic mass is 28.4. The molecule has 2 atom stereocenters. The predicted octanol–water partition coefficient (Wildman–Crippen LogP) is 6.90. The van der Waals surface area contributed by atoms with Crippen molar-refractivity contribution < 1.29 is 8.85 Å². The molecule has 24 heavy (non-hydrogen) atoms. The van der Waals surface area contributed by atoms with E-state index in [1.54, 1.807) is 0 Å². The molecule has 0 aliphatic heterocycles. The van der Waals surface area contributed by atoms with E-state index in [4.69, 9.17) is 8.85 Å². The molecule has 0 bridgehead atoms. The molecule has 0 radical (unpaired) electrons. The van der Waals surface area contributed by atoms with Gasteiger partial charge in [0.05, 0.1) is 12.2 Å². The number of rotatable bonds is 4. The van der Waals surface area contributed by atoms with Crippen LogP contribution < -0.4 is 0 Å². The van der Waals surface area contributed by atoms with Crippen LogP contribution in [0.5, 0.6) is 0 Å². The molecule has 0 unspecified atom stereocenters. The highest BCUT2D eigenvalue weighted by Gasteiger charge is 2.44. The van der Waals surface area contributed by atoms with Crippen LogP contribution in [0.4, 0.5) is 0 Å². The Morgan fingerprint density at radius 3 is 1.21 bits per heavy atom. The Labute approximate surface area is 153 Å². The van der Waals surface area contributed by atoms with Crippen LogP contribution in [-0.2, 0) is 8.85 Å². The van der Waals surface area contributed by atoms with E-state index in [9.17, 15) is 0 Å². The predicted molar refractivity (Wildman–Crippen MR) is 112 cm³/mol. The van der Waals surface area contributed by atoms with Crippen molar-refractivity contribution in [3.8, 4) is 0 Å². The first-order valence-electron chi connectivity index (χ1n) is 9.68. The monoisotopic (exact) mass is 370 g/mol. The van der Waals surface area contributed by atoms with E-state index in [-0.39, 0.29) is 22.3 Å². The zero-order valence-corrected chi connectivity index (χ0v) is 20.0. The molecule has 4 heteroatoms. The molecule has 0 aromatic rings. The van der Waals surface area contributed by atoms with Crippen LogP contribution in [0, 0.1) is 0 Å². The first-order valence-corrected chi connectivity index (χ1v) is 15.5. The lowest BCUT2D eigenvalue weighted by molar-refractivity contribution is 0.0254. The molecular formula is C20H42O2Si2. The second kappa shape index (κ2) is 7.77. The van der Waals surface area contributed by atoms with Crippen molar-refractivity contribution in [2.24, 2.45) is 0 Å². The Kier molecular flexibility index (Phi) is 7.16. The van der Waals surface area contributed by atoms with Crippen LogP contribution in [0.3, 0.4) is 0 Å². The lowest BCUT2D eigenvalue weighted by Gasteiger charge is -2.45. The summed E-state index contributed by atoms with van der Waals surface area (Å²) in [7, 11) is -3.57. The van der Waals surface area contributed by atoms with Gasteiger partial charge in [-0.15, -0.1) is 0 Å². The van der Waals surface area contributed by atoms with Gasteiger partial charge < -0.3 is 8.85 Å². The van der Waals surface area contributed by atoms with E-state index >= 15 is 0 Å². The largest absolute Gasteiger partial charge is 0.411 e. The van der Waals surface area contributed by atoms with Crippen molar-refractivity contribution in [2.75, 3.05) is 0 Å². The highest BCUT2D eigenvalue weighted by Crippen LogP contribution is 2.41. The Morgan fingerprint density at radius 1 is 0.667 bits per heavy atom. The fourth-order valence-corrected chi connectivity index (χ4v) is 5.27. The van der Waals surface area contributed by atoms with E-state index < -0.39 is 16.6 Å². The fraction of sp³-hybridized carbons (Fsp3) is 0.900. The average Bonchev–Trinajstić information content (AvgIpc) is 2.34. The Balaban J connectivity index is 3.00. The minimum absolute atomic E-state index is 0.241. The summed E-state index contributed by atoms with van der Waals surface area (Å²) in [5, 5.41) is 0.486. The van der Waals surface area contributed by atoms with Gasteiger partial charge in [-0.25, -0.2) is 0 Å². The summed E-state index contributed by atoms with van der Waals surface area (Å²) in [5.74, 6) is 0. The number of hydrogen-bond acceptors (Lipinski definition) is 2. The fourth-order valence-electron chi connectivity index (χ4n) is 2.51. The van der Waals surface area contributed by atoms with Crippen LogP contribution in [0.1, 0.15) is 67.2 Å². The van der Waals surface area contributed by atoms with Crippen LogP contribution in [-0.4, -0.2) is 28.8 Å². The second-order valence-electron chi connectivity index (χ2n) is 10.5. The molecule has 1 aliphatic rings. The SMILES string of the molecule is CC(C)(C)[Si](C)(C)O[C@H]1CC/C=C\CC[C@H]1O[Si](C)(C)C(C)(C)C. The Bertz CT molecular complexity index is 388. The van der Waals surface area contributed by atoms with Crippen molar-refractivity contribution in [2.45, 2.75) is 116 Å². The molecule has 1 rings (SSSR count). The van der Waals surface area contributed by atoms with Crippen molar-refractivity contribution in [1.29, 1.82) is 0 Å². The smallest absolute Gasteiger partial charge is 0.192 e. The molecule has 0 spiro atoms. The third kappa shape index (κ3) is 5.82. The summed E-state index contributed by atoms with van der Waals surface area (Å²) in [4.78, 5) is 0. The van der Waals surface area contributed by atoms with E-state index in [1.165, 1.54) is 0 Å². The summed E-state index contributed by atoms with van der Waals surface area (Å²) >= 11 is 0. The van der Waals surface area contributed by atoms with E-state index in [2.05, 4.69) is 79.9 Å². The Hall–Kier alpha value is 0.0938. The minimum atomic E-state index is -1.78. The van der Waals surface area contributed by atoms with Gasteiger partial charge in [0.2, 0.25) is 0 Å². The Morgan fingerprint density at radius 2 is 0.958 bits per heavy atom. The molecule has 0 amide bonds. The first-order chi connectivity index (χ1) is 10.7. The van der Waals surface area contributed by atoms with Gasteiger partial charge in [0.15, 0.2) is 16.6 Å². The normalized spacial score (nSPS) is 25.9. The molecule has 0 heterocycles. The second-order valence-corrected chi connectivity index (χ2v) is 20.0. The topological polar surface area (TPSA) is 18.5 Å². The lowest BCUT2D eigenvalue weighted by atomic mass is 10.0. The van der Waals surface area contributed by atoms with Crippen molar-refractivity contribution >= 4 is 16.6 Å². The van der Waals surface area contributed by atoms with Crippen LogP contribution >= 0.6 is 0 Å². The summed E-state index contributed by atoms with van der Waals surface area (Å²) in [6.45, 7) is 23.4. The van der Waals surface area contributed by atoms with Crippen LogP contribution in [0.15, 0.2) is 12.2 Å². The van der Waals surface area contributed by atoms with Crippen molar-refractivity contribution in [3.05, 3.63) is 12.2 Å². The zero-order chi connectivity index (χ0) is 18.8. The zero-order valence-electron chi connectivity index (χ0n) is 18.0. The van der Waals surface area contributed by atoms with Crippen LogP contribution in [0.2, 0.25) is 36.3 Å². The molecule has 142 valence electrons. The lowest BCUT2D eigenvalue weighted by Crippen LogP contribution is -2.52. The van der Waals surface area contributed by atoms with E-state index in [0.717, 1.165) is 25.7 Å². The van der Waals surface area contributed by atoms with Crippen molar-refractivity contribution in [3.63, 3.8) is 0 Å². The standard InChI is InChI=1S/C20H42O2Si2/c1-19(2,3)23(7,8)21-17-15-13-11-12-14-16-18(17)22-24(9,10)20(4,5)6/h11-12,17-18H,13-16H2,1-10H3/b12-11-/t17-,18+. The van der Waals surface area contributed by atoms with Gasteiger partial charge in [0.25, 0.3) is 0 Å². The summed E-state index contributed by atoms with van der Waals surface area (Å²) in [6.07, 6.45) is 9.52. The van der Waals surface area contributed by atoms with Gasteiger partial charge in [0, 0.05) is 0 Å². The van der Waals surface area contributed by atoms with Gasteiger partial charge in [-0.2, -0.15) is 0 Å². The van der Waals surface area contributed by atoms with E-state index in [1.807, 2.05) is 0 Å². The van der Waals surface area contributed by atoms with Gasteiger partial charge in [-0.1, -0.05) is 53.7 Å². The molecule has 2 nitrogen and oxygen atoms in total. The summed E-state index contributed by atoms with van der Waals surface area (Å²) < 4.78 is 13.7. The minimum Gasteiger partial charge on any atom is -0.411 e. The van der Waals surface area contributed by atoms with Crippen molar-refractivity contribution in [1.82, 2.24) is 0 Å². The van der Waals surface area contributed by atoms with E-state index in [0.29, 0.717) is 0 Å². The van der Waals surface area contributed by atoms with Gasteiger partial charge in [-0.3, -0.25) is 0 Å². The van der Waals surface area contributed by atoms with Gasteiger partial charge >= 0.3 is 0 Å². The van der Waals surface area contributed by atoms with Gasteiger partial charge in [0.1, 0.15) is 0 Å². The number of allylic oxidation sites excluding steroid dienone is 2. The maximum absolute atomic E-state index is 6.85. The maximum Gasteiger partial charge on any atom is 0.192 e. The molecule has 0 aromatic heterocycles. The molecule has 0 N–H and O–H groups in total. The maximum atomic E-state index is 6.85. The molecule has 1 aliphatic carbocycles. The first kappa shape index (κ1) is 22.1. The van der Waals surface area contributed by atoms with Gasteiger partial charge in [-0.05, 0) is 61.9 Å². The molecule has 0 fully saturated rings. The highest BCUT2D eigenvalue weighted by molar-refractivity contribution is 6.74. The summed E-state index contributed by atoms with van der Waals surface area (Å²) in [6, 6.07) is 0. The number of hydrogen-bond donors (Lipinski definition) is 0.